The molecule has 1 aliphatic rings. The maximum Gasteiger partial charge on any atom is 0.240 e. The van der Waals surface area contributed by atoms with Gasteiger partial charge >= 0.3 is 0 Å². The summed E-state index contributed by atoms with van der Waals surface area (Å²) in [5, 5.41) is 16.8. The smallest absolute Gasteiger partial charge is 0.240 e. The number of benzene rings is 2. The number of phenolic OH excluding ortho intramolecular Hbond substituents is 1. The predicted molar refractivity (Wildman–Crippen MR) is 91.0 cm³/mol. The van der Waals surface area contributed by atoms with Crippen molar-refractivity contribution in [2.45, 2.75) is 19.4 Å². The van der Waals surface area contributed by atoms with Crippen molar-refractivity contribution in [3.05, 3.63) is 63.6 Å². The first-order valence-corrected chi connectivity index (χ1v) is 7.83. The Labute approximate surface area is 143 Å². The minimum Gasteiger partial charge on any atom is -0.507 e. The maximum atomic E-state index is 12.0. The van der Waals surface area contributed by atoms with Gasteiger partial charge in [0, 0.05) is 29.0 Å². The van der Waals surface area contributed by atoms with E-state index in [1.165, 1.54) is 11.9 Å². The second-order valence-corrected chi connectivity index (χ2v) is 6.16. The highest BCUT2D eigenvalue weighted by Crippen LogP contribution is 2.38. The molecule has 2 aromatic rings. The number of phenols is 1. The number of hydrogen-bond donors (Lipinski definition) is 1. The molecule has 0 aliphatic carbocycles. The van der Waals surface area contributed by atoms with Gasteiger partial charge in [0.15, 0.2) is 0 Å². The molecular weight excluding hydrogens is 335 g/mol. The van der Waals surface area contributed by atoms with Gasteiger partial charge in [-0.1, -0.05) is 41.4 Å². The molecule has 1 aliphatic heterocycles. The number of carbonyl (C=O) groups excluding carboxylic acids is 1. The lowest BCUT2D eigenvalue weighted by atomic mass is 9.98. The van der Waals surface area contributed by atoms with Gasteiger partial charge in [0.1, 0.15) is 5.75 Å². The highest BCUT2D eigenvalue weighted by molar-refractivity contribution is 6.35. The molecule has 6 heteroatoms. The monoisotopic (exact) mass is 348 g/mol. The summed E-state index contributed by atoms with van der Waals surface area (Å²) in [6.45, 7) is 1.45. The fourth-order valence-electron chi connectivity index (χ4n) is 2.69. The average molecular weight is 349 g/mol. The van der Waals surface area contributed by atoms with Crippen LogP contribution in [0, 0.1) is 0 Å². The van der Waals surface area contributed by atoms with Crippen LogP contribution in [0.3, 0.4) is 0 Å². The van der Waals surface area contributed by atoms with Gasteiger partial charge in [-0.05, 0) is 29.8 Å². The third kappa shape index (κ3) is 3.05. The SMILES string of the molecule is CC(=O)N1N=C(c2ccccc2O)C[C@@H]1c1ccc(Cl)cc1Cl. The van der Waals surface area contributed by atoms with Crippen molar-refractivity contribution in [2.75, 3.05) is 0 Å². The predicted octanol–water partition coefficient (Wildman–Crippen LogP) is 4.40. The molecule has 0 unspecified atom stereocenters. The Morgan fingerprint density at radius 3 is 2.65 bits per heavy atom. The molecule has 0 bridgehead atoms. The van der Waals surface area contributed by atoms with E-state index < -0.39 is 0 Å². The number of nitrogens with zero attached hydrogens (tertiary/aromatic N) is 2. The van der Waals surface area contributed by atoms with Crippen LogP contribution in [0.5, 0.6) is 5.75 Å². The molecule has 1 atom stereocenters. The Hall–Kier alpha value is -2.04. The van der Waals surface area contributed by atoms with Crippen LogP contribution in [0.2, 0.25) is 10.0 Å². The van der Waals surface area contributed by atoms with Crippen molar-refractivity contribution in [1.82, 2.24) is 5.01 Å². The third-order valence-corrected chi connectivity index (χ3v) is 4.33. The molecule has 4 nitrogen and oxygen atoms in total. The number of halogens is 2. The Morgan fingerprint density at radius 1 is 1.26 bits per heavy atom. The van der Waals surface area contributed by atoms with Crippen molar-refractivity contribution in [1.29, 1.82) is 0 Å². The summed E-state index contributed by atoms with van der Waals surface area (Å²) in [5.41, 5.74) is 2.04. The van der Waals surface area contributed by atoms with E-state index in [0.29, 0.717) is 27.7 Å². The first-order valence-electron chi connectivity index (χ1n) is 7.08. The summed E-state index contributed by atoms with van der Waals surface area (Å²) < 4.78 is 0. The summed E-state index contributed by atoms with van der Waals surface area (Å²) >= 11 is 12.2. The molecule has 0 fully saturated rings. The zero-order valence-corrected chi connectivity index (χ0v) is 13.8. The molecule has 0 saturated heterocycles. The quantitative estimate of drug-likeness (QED) is 0.874. The summed E-state index contributed by atoms with van der Waals surface area (Å²) in [6.07, 6.45) is 0.471. The van der Waals surface area contributed by atoms with Crippen LogP contribution in [0.1, 0.15) is 30.5 Å². The van der Waals surface area contributed by atoms with Gasteiger partial charge in [-0.25, -0.2) is 5.01 Å². The van der Waals surface area contributed by atoms with Gasteiger partial charge in [-0.15, -0.1) is 0 Å². The molecule has 0 spiro atoms. The molecule has 1 heterocycles. The topological polar surface area (TPSA) is 52.9 Å². The van der Waals surface area contributed by atoms with E-state index in [2.05, 4.69) is 5.10 Å². The molecular formula is C17H14Cl2N2O2. The minimum absolute atomic E-state index is 0.137. The first-order chi connectivity index (χ1) is 11.0. The van der Waals surface area contributed by atoms with Crippen molar-refractivity contribution in [3.63, 3.8) is 0 Å². The number of rotatable bonds is 2. The van der Waals surface area contributed by atoms with Crippen molar-refractivity contribution < 1.29 is 9.90 Å². The summed E-state index contributed by atoms with van der Waals surface area (Å²) in [7, 11) is 0. The van der Waals surface area contributed by atoms with Crippen LogP contribution in [0.4, 0.5) is 0 Å². The molecule has 0 radical (unpaired) electrons. The lowest BCUT2D eigenvalue weighted by Gasteiger charge is -2.21. The molecule has 1 amide bonds. The van der Waals surface area contributed by atoms with Gasteiger partial charge in [0.2, 0.25) is 5.91 Å². The van der Waals surface area contributed by atoms with E-state index in [1.54, 1.807) is 36.4 Å². The summed E-state index contributed by atoms with van der Waals surface area (Å²) in [5.74, 6) is -0.0518. The number of hydrazone groups is 1. The second kappa shape index (κ2) is 6.22. The zero-order valence-electron chi connectivity index (χ0n) is 12.3. The van der Waals surface area contributed by atoms with Crippen LogP contribution in [-0.4, -0.2) is 21.7 Å². The summed E-state index contributed by atoms with van der Waals surface area (Å²) in [4.78, 5) is 12.0. The average Bonchev–Trinajstić information content (AvgIpc) is 2.92. The maximum absolute atomic E-state index is 12.0. The fraction of sp³-hybridized carbons (Fsp3) is 0.176. The summed E-state index contributed by atoms with van der Waals surface area (Å²) in [6, 6.07) is 11.8. The molecule has 0 aromatic heterocycles. The van der Waals surface area contributed by atoms with Gasteiger partial charge in [0.05, 0.1) is 11.8 Å². The Bertz CT molecular complexity index is 805. The van der Waals surface area contributed by atoms with Crippen molar-refractivity contribution >= 4 is 34.8 Å². The molecule has 118 valence electrons. The number of carbonyl (C=O) groups is 1. The van der Waals surface area contributed by atoms with Crippen molar-refractivity contribution in [3.8, 4) is 5.75 Å². The Balaban J connectivity index is 2.01. The molecule has 3 rings (SSSR count). The third-order valence-electron chi connectivity index (χ3n) is 3.77. The van der Waals surface area contributed by atoms with Gasteiger partial charge in [-0.2, -0.15) is 5.10 Å². The van der Waals surface area contributed by atoms with E-state index in [0.717, 1.165) is 5.56 Å². The number of hydrogen-bond acceptors (Lipinski definition) is 3. The van der Waals surface area contributed by atoms with Crippen LogP contribution in [-0.2, 0) is 4.79 Å². The lowest BCUT2D eigenvalue weighted by molar-refractivity contribution is -0.130. The number of aromatic hydroxyl groups is 1. The highest BCUT2D eigenvalue weighted by Gasteiger charge is 2.33. The lowest BCUT2D eigenvalue weighted by Crippen LogP contribution is -2.24. The number of amides is 1. The van der Waals surface area contributed by atoms with Crippen LogP contribution < -0.4 is 0 Å². The van der Waals surface area contributed by atoms with E-state index in [4.69, 9.17) is 23.2 Å². The standard InChI is InChI=1S/C17H14Cl2N2O2/c1-10(22)21-16(12-7-6-11(18)8-14(12)19)9-15(20-21)13-4-2-3-5-17(13)23/h2-8,16,23H,9H2,1H3/t16-/m1/s1. The minimum atomic E-state index is -0.313. The molecule has 0 saturated carbocycles. The second-order valence-electron chi connectivity index (χ2n) is 5.31. The zero-order chi connectivity index (χ0) is 16.6. The van der Waals surface area contributed by atoms with Crippen LogP contribution in [0.25, 0.3) is 0 Å². The fourth-order valence-corrected chi connectivity index (χ4v) is 3.23. The van der Waals surface area contributed by atoms with Gasteiger partial charge < -0.3 is 5.11 Å². The van der Waals surface area contributed by atoms with E-state index in [-0.39, 0.29) is 17.7 Å². The van der Waals surface area contributed by atoms with E-state index in [1.807, 2.05) is 6.07 Å². The largest absolute Gasteiger partial charge is 0.507 e. The Kier molecular flexibility index (Phi) is 4.28. The molecule has 23 heavy (non-hydrogen) atoms. The van der Waals surface area contributed by atoms with Crippen LogP contribution in [0.15, 0.2) is 47.6 Å². The normalized spacial score (nSPS) is 17.3. The van der Waals surface area contributed by atoms with Crippen LogP contribution >= 0.6 is 23.2 Å². The van der Waals surface area contributed by atoms with Gasteiger partial charge in [-0.3, -0.25) is 4.79 Å². The Morgan fingerprint density at radius 2 is 2.00 bits per heavy atom. The molecule has 1 N–H and O–H groups in total. The first kappa shape index (κ1) is 15.8. The molecule has 2 aromatic carbocycles. The highest BCUT2D eigenvalue weighted by atomic mass is 35.5. The number of para-hydroxylation sites is 1. The van der Waals surface area contributed by atoms with E-state index >= 15 is 0 Å². The van der Waals surface area contributed by atoms with Crippen molar-refractivity contribution in [2.24, 2.45) is 5.10 Å². The van der Waals surface area contributed by atoms with Gasteiger partial charge in [0.25, 0.3) is 0 Å². The van der Waals surface area contributed by atoms with E-state index in [9.17, 15) is 9.90 Å².